The third-order valence-electron chi connectivity index (χ3n) is 5.39. The lowest BCUT2D eigenvalue weighted by molar-refractivity contribution is -0.119. The van der Waals surface area contributed by atoms with Gasteiger partial charge in [-0.3, -0.25) is 9.10 Å². The summed E-state index contributed by atoms with van der Waals surface area (Å²) < 4.78 is 28.6. The van der Waals surface area contributed by atoms with Crippen LogP contribution in [-0.2, 0) is 14.8 Å². The molecule has 156 valence electrons. The molecule has 1 aliphatic rings. The number of nitrogens with zero attached hydrogens (tertiary/aromatic N) is 1. The van der Waals surface area contributed by atoms with Crippen LogP contribution in [-0.4, -0.2) is 27.4 Å². The van der Waals surface area contributed by atoms with Crippen molar-refractivity contribution in [2.24, 2.45) is 5.92 Å². The first-order valence-corrected chi connectivity index (χ1v) is 12.3. The minimum absolute atomic E-state index is 0.227. The zero-order chi connectivity index (χ0) is 21.0. The molecule has 0 bridgehead atoms. The molecule has 0 saturated heterocycles. The fourth-order valence-corrected chi connectivity index (χ4v) is 5.67. The smallest absolute Gasteiger partial charge is 0.265 e. The van der Waals surface area contributed by atoms with E-state index < -0.39 is 10.0 Å². The summed E-state index contributed by atoms with van der Waals surface area (Å²) in [4.78, 5) is 12.9. The summed E-state index contributed by atoms with van der Waals surface area (Å²) >= 11 is 3.46. The molecule has 2 aromatic carbocycles. The van der Waals surface area contributed by atoms with Crippen LogP contribution in [0.1, 0.15) is 39.5 Å². The monoisotopic (exact) mass is 478 g/mol. The number of hydrogen-bond acceptors (Lipinski definition) is 3. The van der Waals surface area contributed by atoms with Crippen LogP contribution in [0.3, 0.4) is 0 Å². The van der Waals surface area contributed by atoms with Crippen LogP contribution in [0.25, 0.3) is 11.1 Å². The van der Waals surface area contributed by atoms with Gasteiger partial charge in [0.2, 0.25) is 5.91 Å². The van der Waals surface area contributed by atoms with Crippen LogP contribution < -0.4 is 9.62 Å². The molecule has 0 aromatic heterocycles. The van der Waals surface area contributed by atoms with Gasteiger partial charge in [-0.1, -0.05) is 67.2 Å². The van der Waals surface area contributed by atoms with E-state index in [1.54, 1.807) is 30.3 Å². The Hall–Kier alpha value is -1.86. The highest BCUT2D eigenvalue weighted by molar-refractivity contribution is 9.10. The number of halogens is 1. The normalized spacial score (nSPS) is 15.3. The predicted octanol–water partition coefficient (Wildman–Crippen LogP) is 4.96. The quantitative estimate of drug-likeness (QED) is 0.582. The summed E-state index contributed by atoms with van der Waals surface area (Å²) in [5.41, 5.74) is 1.98. The second-order valence-corrected chi connectivity index (χ2v) is 10.1. The molecule has 1 amide bonds. The Morgan fingerprint density at radius 2 is 1.90 bits per heavy atom. The number of anilines is 1. The third kappa shape index (κ3) is 4.67. The van der Waals surface area contributed by atoms with Crippen molar-refractivity contribution in [1.29, 1.82) is 0 Å². The number of carbonyl (C=O) groups excluding carboxylic acids is 1. The standard InChI is InChI=1S/C22H27BrN2O3S/c1-3-5-8-16(4-2)14-24-22(26)15-25-20-12-11-17(23)13-19(20)18-9-6-7-10-21(18)29(25,27)28/h6-7,9-13,16H,3-5,8,14-15H2,1-2H3,(H,24,26)/t16-/m0/s1. The van der Waals surface area contributed by atoms with E-state index in [2.05, 4.69) is 35.1 Å². The predicted molar refractivity (Wildman–Crippen MR) is 120 cm³/mol. The summed E-state index contributed by atoms with van der Waals surface area (Å²) in [7, 11) is -3.81. The van der Waals surface area contributed by atoms with Gasteiger partial charge >= 0.3 is 0 Å². The number of benzene rings is 2. The van der Waals surface area contributed by atoms with Gasteiger partial charge in [-0.25, -0.2) is 8.42 Å². The van der Waals surface area contributed by atoms with Crippen LogP contribution in [0.15, 0.2) is 51.8 Å². The Labute approximate surface area is 181 Å². The van der Waals surface area contributed by atoms with Gasteiger partial charge in [0.15, 0.2) is 0 Å². The fraction of sp³-hybridized carbons (Fsp3) is 0.409. The van der Waals surface area contributed by atoms with Crippen LogP contribution >= 0.6 is 15.9 Å². The molecule has 0 saturated carbocycles. The highest BCUT2D eigenvalue weighted by Gasteiger charge is 2.35. The van der Waals surface area contributed by atoms with Gasteiger partial charge in [0, 0.05) is 22.1 Å². The minimum Gasteiger partial charge on any atom is -0.354 e. The number of fused-ring (bicyclic) bond motifs is 3. The number of carbonyl (C=O) groups is 1. The van der Waals surface area contributed by atoms with E-state index in [9.17, 15) is 13.2 Å². The van der Waals surface area contributed by atoms with Gasteiger partial charge < -0.3 is 5.32 Å². The van der Waals surface area contributed by atoms with Gasteiger partial charge in [-0.05, 0) is 36.6 Å². The number of sulfonamides is 1. The Balaban J connectivity index is 1.85. The van der Waals surface area contributed by atoms with E-state index in [1.165, 1.54) is 4.31 Å². The molecule has 0 unspecified atom stereocenters. The first kappa shape index (κ1) is 21.8. The van der Waals surface area contributed by atoms with Crippen molar-refractivity contribution < 1.29 is 13.2 Å². The number of rotatable bonds is 8. The molecule has 0 fully saturated rings. The Morgan fingerprint density at radius 3 is 2.62 bits per heavy atom. The van der Waals surface area contributed by atoms with E-state index in [0.29, 0.717) is 23.7 Å². The van der Waals surface area contributed by atoms with Crippen molar-refractivity contribution in [3.8, 4) is 11.1 Å². The second kappa shape index (κ2) is 9.30. The molecule has 0 spiro atoms. The van der Waals surface area contributed by atoms with Crippen molar-refractivity contribution in [2.45, 2.75) is 44.4 Å². The average molecular weight is 479 g/mol. The molecule has 29 heavy (non-hydrogen) atoms. The highest BCUT2D eigenvalue weighted by Crippen LogP contribution is 2.43. The molecule has 0 radical (unpaired) electrons. The molecule has 5 nitrogen and oxygen atoms in total. The molecule has 7 heteroatoms. The summed E-state index contributed by atoms with van der Waals surface area (Å²) in [5, 5.41) is 2.94. The lowest BCUT2D eigenvalue weighted by Gasteiger charge is -2.32. The Kier molecular flexibility index (Phi) is 7.01. The lowest BCUT2D eigenvalue weighted by atomic mass is 9.99. The van der Waals surface area contributed by atoms with Crippen molar-refractivity contribution in [3.63, 3.8) is 0 Å². The molecule has 1 heterocycles. The van der Waals surface area contributed by atoms with Crippen molar-refractivity contribution in [1.82, 2.24) is 5.32 Å². The lowest BCUT2D eigenvalue weighted by Crippen LogP contribution is -2.43. The maximum Gasteiger partial charge on any atom is 0.265 e. The summed E-state index contributed by atoms with van der Waals surface area (Å²) in [6.45, 7) is 4.62. The van der Waals surface area contributed by atoms with Crippen LogP contribution in [0.4, 0.5) is 5.69 Å². The Bertz CT molecular complexity index is 991. The van der Waals surface area contributed by atoms with Crippen molar-refractivity contribution in [2.75, 3.05) is 17.4 Å². The van der Waals surface area contributed by atoms with Crippen LogP contribution in [0.2, 0.25) is 0 Å². The van der Waals surface area contributed by atoms with Crippen LogP contribution in [0, 0.1) is 5.92 Å². The third-order valence-corrected chi connectivity index (χ3v) is 7.70. The minimum atomic E-state index is -3.81. The average Bonchev–Trinajstić information content (AvgIpc) is 2.71. The maximum atomic E-state index is 13.3. The van der Waals surface area contributed by atoms with Gasteiger partial charge in [0.25, 0.3) is 10.0 Å². The molecule has 1 N–H and O–H groups in total. The summed E-state index contributed by atoms with van der Waals surface area (Å²) in [5.74, 6) is 0.137. The molecule has 3 rings (SSSR count). The molecular formula is C22H27BrN2O3S. The zero-order valence-corrected chi connectivity index (χ0v) is 19.2. The van der Waals surface area contributed by atoms with Gasteiger partial charge in [0.05, 0.1) is 10.6 Å². The van der Waals surface area contributed by atoms with E-state index in [4.69, 9.17) is 0 Å². The zero-order valence-electron chi connectivity index (χ0n) is 16.8. The number of amides is 1. The van der Waals surface area contributed by atoms with Crippen molar-refractivity contribution in [3.05, 3.63) is 46.9 Å². The van der Waals surface area contributed by atoms with E-state index in [0.717, 1.165) is 35.7 Å². The maximum absolute atomic E-state index is 13.3. The number of nitrogens with one attached hydrogen (secondary N) is 1. The largest absolute Gasteiger partial charge is 0.354 e. The topological polar surface area (TPSA) is 66.5 Å². The first-order chi connectivity index (χ1) is 13.9. The van der Waals surface area contributed by atoms with E-state index in [1.807, 2.05) is 12.1 Å². The first-order valence-electron chi connectivity index (χ1n) is 10.1. The van der Waals surface area contributed by atoms with Gasteiger partial charge in [-0.2, -0.15) is 0 Å². The van der Waals surface area contributed by atoms with E-state index >= 15 is 0 Å². The summed E-state index contributed by atoms with van der Waals surface area (Å²) in [6.07, 6.45) is 4.32. The fourth-order valence-electron chi connectivity index (χ4n) is 3.66. The molecule has 0 aliphatic carbocycles. The SMILES string of the molecule is CCCC[C@H](CC)CNC(=O)CN1c2ccc(Br)cc2-c2ccccc2S1(=O)=O. The van der Waals surface area contributed by atoms with E-state index in [-0.39, 0.29) is 17.3 Å². The molecule has 2 aromatic rings. The summed E-state index contributed by atoms with van der Waals surface area (Å²) in [6, 6.07) is 12.4. The van der Waals surface area contributed by atoms with Gasteiger partial charge in [-0.15, -0.1) is 0 Å². The van der Waals surface area contributed by atoms with Crippen molar-refractivity contribution >= 4 is 37.5 Å². The number of hydrogen-bond donors (Lipinski definition) is 1. The number of unbranched alkanes of at least 4 members (excludes halogenated alkanes) is 1. The van der Waals surface area contributed by atoms with Gasteiger partial charge in [0.1, 0.15) is 6.54 Å². The Morgan fingerprint density at radius 1 is 1.14 bits per heavy atom. The molecule has 1 aliphatic heterocycles. The van der Waals surface area contributed by atoms with Crippen LogP contribution in [0.5, 0.6) is 0 Å². The highest BCUT2D eigenvalue weighted by atomic mass is 79.9. The molecular weight excluding hydrogens is 452 g/mol. The molecule has 1 atom stereocenters. The second-order valence-electron chi connectivity index (χ2n) is 7.39.